The predicted molar refractivity (Wildman–Crippen MR) is 42.5 cm³/mol. The van der Waals surface area contributed by atoms with Crippen LogP contribution in [0.3, 0.4) is 0 Å². The largest absolute Gasteiger partial charge is 2.00 e. The molecule has 0 fully saturated rings. The molecule has 0 atom stereocenters. The molecular weight excluding hydrogens is 172 g/mol. The maximum atomic E-state index is 10.5. The van der Waals surface area contributed by atoms with E-state index in [1.165, 1.54) is 0 Å². The monoisotopic (exact) mass is 180 g/mol. The first-order chi connectivity index (χ1) is 4.84. The average molecular weight is 180 g/mol. The van der Waals surface area contributed by atoms with Crippen LogP contribution in [-0.2, 0) is 4.89 Å². The van der Waals surface area contributed by atoms with Gasteiger partial charge in [-0.25, -0.2) is 4.79 Å². The summed E-state index contributed by atoms with van der Waals surface area (Å²) in [7, 11) is 0. The van der Waals surface area contributed by atoms with Gasteiger partial charge in [-0.2, -0.15) is 5.26 Å². The summed E-state index contributed by atoms with van der Waals surface area (Å²) >= 11 is 0. The fraction of sp³-hybridized carbons (Fsp3) is 0. The minimum Gasteiger partial charge on any atom is -1.00 e. The molecule has 1 N–H and O–H groups in total. The number of hydrogen-bond acceptors (Lipinski definition) is 3. The molecule has 0 spiro atoms. The summed E-state index contributed by atoms with van der Waals surface area (Å²) < 4.78 is 0. The Morgan fingerprint density at radius 3 is 2.36 bits per heavy atom. The number of carbonyl (C=O) groups excluding carboxylic acids is 1. The molecule has 56 valence electrons. The van der Waals surface area contributed by atoms with E-state index in [4.69, 9.17) is 5.26 Å². The molecule has 0 radical (unpaired) electrons. The second kappa shape index (κ2) is 5.55. The van der Waals surface area contributed by atoms with Crippen LogP contribution in [0.25, 0.3) is 0 Å². The molecular formula is C7H8CaO3. The molecule has 0 aliphatic heterocycles. The maximum Gasteiger partial charge on any atom is 2.00 e. The molecule has 0 aromatic heterocycles. The van der Waals surface area contributed by atoms with E-state index >= 15 is 0 Å². The number of benzene rings is 1. The topological polar surface area (TPSA) is 46.5 Å². The third-order valence-corrected chi connectivity index (χ3v) is 1.09. The van der Waals surface area contributed by atoms with Gasteiger partial charge in [-0.1, -0.05) is 18.2 Å². The minimum absolute atomic E-state index is 0. The van der Waals surface area contributed by atoms with Crippen LogP contribution in [0, 0.1) is 0 Å². The Bertz CT molecular complexity index is 230. The van der Waals surface area contributed by atoms with Crippen molar-refractivity contribution in [3.63, 3.8) is 0 Å². The van der Waals surface area contributed by atoms with Gasteiger partial charge in [-0.05, 0) is 12.1 Å². The van der Waals surface area contributed by atoms with Crippen LogP contribution < -0.4 is 0 Å². The number of hydrogen-bond donors (Lipinski definition) is 1. The molecule has 0 saturated carbocycles. The second-order valence-electron chi connectivity index (χ2n) is 1.74. The fourth-order valence-electron chi connectivity index (χ4n) is 0.627. The van der Waals surface area contributed by atoms with Crippen LogP contribution in [-0.4, -0.2) is 49.0 Å². The van der Waals surface area contributed by atoms with Crippen molar-refractivity contribution in [3.05, 3.63) is 35.9 Å². The van der Waals surface area contributed by atoms with E-state index < -0.39 is 5.97 Å². The van der Waals surface area contributed by atoms with E-state index in [0.717, 1.165) is 0 Å². The van der Waals surface area contributed by atoms with E-state index in [1.807, 2.05) is 0 Å². The van der Waals surface area contributed by atoms with E-state index in [1.54, 1.807) is 30.3 Å². The van der Waals surface area contributed by atoms with Gasteiger partial charge in [0.2, 0.25) is 0 Å². The summed E-state index contributed by atoms with van der Waals surface area (Å²) in [5, 5.41) is 7.94. The van der Waals surface area contributed by atoms with E-state index in [9.17, 15) is 4.79 Å². The second-order valence-corrected chi connectivity index (χ2v) is 1.74. The number of rotatable bonds is 1. The van der Waals surface area contributed by atoms with Gasteiger partial charge in [0.15, 0.2) is 0 Å². The Hall–Kier alpha value is -0.0903. The Morgan fingerprint density at radius 1 is 1.36 bits per heavy atom. The summed E-state index contributed by atoms with van der Waals surface area (Å²) in [6.45, 7) is 0. The molecule has 0 saturated heterocycles. The van der Waals surface area contributed by atoms with Gasteiger partial charge in [0.05, 0.1) is 5.56 Å². The summed E-state index contributed by atoms with van der Waals surface area (Å²) in [5.74, 6) is -0.736. The Morgan fingerprint density at radius 2 is 1.91 bits per heavy atom. The zero-order valence-electron chi connectivity index (χ0n) is 7.86. The molecule has 0 heterocycles. The van der Waals surface area contributed by atoms with Crippen LogP contribution in [0.4, 0.5) is 0 Å². The van der Waals surface area contributed by atoms with Gasteiger partial charge in [0.25, 0.3) is 0 Å². The fourth-order valence-corrected chi connectivity index (χ4v) is 0.627. The molecule has 1 aromatic carbocycles. The Balaban J connectivity index is -0.000000333. The standard InChI is InChI=1S/C7H6O3.Ca.2H/c8-7(10-9)6-4-2-1-3-5-6;;;/h1-5,9H;;;/q;+2;2*-1. The molecule has 0 bridgehead atoms. The van der Waals surface area contributed by atoms with Crippen LogP contribution in [0.15, 0.2) is 30.3 Å². The predicted octanol–water partition coefficient (Wildman–Crippen LogP) is 1.16. The minimum atomic E-state index is -0.736. The molecule has 0 aliphatic rings. The van der Waals surface area contributed by atoms with Gasteiger partial charge in [0.1, 0.15) is 0 Å². The van der Waals surface area contributed by atoms with E-state index in [-0.39, 0.29) is 40.6 Å². The normalized spacial score (nSPS) is 8.09. The molecule has 1 aromatic rings. The summed E-state index contributed by atoms with van der Waals surface area (Å²) in [4.78, 5) is 14.0. The third kappa shape index (κ3) is 3.20. The van der Waals surface area contributed by atoms with Crippen molar-refractivity contribution in [1.82, 2.24) is 0 Å². The van der Waals surface area contributed by atoms with Crippen molar-refractivity contribution in [2.24, 2.45) is 0 Å². The van der Waals surface area contributed by atoms with Crippen LogP contribution in [0.1, 0.15) is 13.2 Å². The molecule has 3 nitrogen and oxygen atoms in total. The smallest absolute Gasteiger partial charge is 1.00 e. The van der Waals surface area contributed by atoms with Crippen LogP contribution in [0.2, 0.25) is 0 Å². The zero-order chi connectivity index (χ0) is 7.40. The SMILES string of the molecule is O=C(OO)c1ccccc1.[Ca+2].[H-].[H-]. The van der Waals surface area contributed by atoms with E-state index in [0.29, 0.717) is 5.56 Å². The Labute approximate surface area is 96.9 Å². The van der Waals surface area contributed by atoms with Gasteiger partial charge >= 0.3 is 43.7 Å². The van der Waals surface area contributed by atoms with Crippen LogP contribution in [0.5, 0.6) is 0 Å². The van der Waals surface area contributed by atoms with Gasteiger partial charge in [0, 0.05) is 0 Å². The molecule has 0 unspecified atom stereocenters. The quantitative estimate of drug-likeness (QED) is 0.401. The summed E-state index contributed by atoms with van der Waals surface area (Å²) in [6.07, 6.45) is 0. The first-order valence-electron chi connectivity index (χ1n) is 2.75. The van der Waals surface area contributed by atoms with Crippen molar-refractivity contribution >= 4 is 43.7 Å². The van der Waals surface area contributed by atoms with Crippen molar-refractivity contribution in [3.8, 4) is 0 Å². The van der Waals surface area contributed by atoms with Gasteiger partial charge < -0.3 is 2.85 Å². The van der Waals surface area contributed by atoms with Crippen molar-refractivity contribution in [2.45, 2.75) is 0 Å². The van der Waals surface area contributed by atoms with E-state index in [2.05, 4.69) is 4.89 Å². The average Bonchev–Trinajstić information content (AvgIpc) is 2.05. The molecule has 1 rings (SSSR count). The van der Waals surface area contributed by atoms with Crippen molar-refractivity contribution in [2.75, 3.05) is 0 Å². The Kier molecular flexibility index (Phi) is 5.50. The molecule has 4 heteroatoms. The molecule has 11 heavy (non-hydrogen) atoms. The van der Waals surface area contributed by atoms with Crippen LogP contribution >= 0.6 is 0 Å². The summed E-state index contributed by atoms with van der Waals surface area (Å²) in [6, 6.07) is 8.25. The van der Waals surface area contributed by atoms with Gasteiger partial charge in [-0.15, -0.1) is 0 Å². The first-order valence-corrected chi connectivity index (χ1v) is 2.75. The molecule has 0 aliphatic carbocycles. The number of carbonyl (C=O) groups is 1. The maximum absolute atomic E-state index is 10.5. The summed E-state index contributed by atoms with van der Waals surface area (Å²) in [5.41, 5.74) is 0.338. The third-order valence-electron chi connectivity index (χ3n) is 1.09. The van der Waals surface area contributed by atoms with Crippen molar-refractivity contribution < 1.29 is 17.8 Å². The molecule has 0 amide bonds. The first kappa shape index (κ1) is 10.9. The zero-order valence-corrected chi connectivity index (χ0v) is 8.07. The van der Waals surface area contributed by atoms with Crippen molar-refractivity contribution in [1.29, 1.82) is 0 Å². The van der Waals surface area contributed by atoms with Gasteiger partial charge in [-0.3, -0.25) is 4.89 Å².